The number of cyclic esters (lactones) is 1. The van der Waals surface area contributed by atoms with Crippen molar-refractivity contribution in [3.8, 4) is 0 Å². The Bertz CT molecular complexity index is 2090. The van der Waals surface area contributed by atoms with Crippen LogP contribution in [-0.2, 0) is 9.53 Å². The van der Waals surface area contributed by atoms with Gasteiger partial charge in [-0.25, -0.2) is 0 Å². The lowest BCUT2D eigenvalue weighted by Gasteiger charge is -2.34. The number of allylic oxidation sites excluding steroid dienone is 1. The predicted octanol–water partition coefficient (Wildman–Crippen LogP) is 10.3. The summed E-state index contributed by atoms with van der Waals surface area (Å²) >= 11 is 6.98. The van der Waals surface area contributed by atoms with Crippen LogP contribution in [0.4, 0.5) is 0 Å². The van der Waals surface area contributed by atoms with Crippen LogP contribution in [0, 0.1) is 11.8 Å². The van der Waals surface area contributed by atoms with Gasteiger partial charge in [-0.05, 0) is 52.6 Å². The third-order valence-corrected chi connectivity index (χ3v) is 11.4. The van der Waals surface area contributed by atoms with Crippen molar-refractivity contribution in [3.05, 3.63) is 181 Å². The lowest BCUT2D eigenvalue weighted by molar-refractivity contribution is -0.143. The second-order valence-corrected chi connectivity index (χ2v) is 14.6. The van der Waals surface area contributed by atoms with Crippen molar-refractivity contribution in [2.24, 2.45) is 11.8 Å². The highest BCUT2D eigenvalue weighted by atomic mass is 79.9. The second kappa shape index (κ2) is 12.6. The standard InChI is InChI=1S/C42H30Br2O4/c43-27-18-14-24(15-19-27)35(45)22-33-29-10-4-6-12-31(29)37(39(33)41(46)26-16-20-28(44)21-17-26)38-32-13-7-5-11-30(32)34-23-36(48-42(47)40(34)38)25-8-2-1-3-9-25/h1-21,23,33-34,37-40H,22H2/t33-,34+,37-,38-,39+,40+/m0/s1. The first-order valence-electron chi connectivity index (χ1n) is 16.1. The van der Waals surface area contributed by atoms with Crippen LogP contribution in [-0.4, -0.2) is 17.5 Å². The molecule has 0 amide bonds. The Balaban J connectivity index is 1.28. The van der Waals surface area contributed by atoms with Gasteiger partial charge in [-0.1, -0.05) is 135 Å². The summed E-state index contributed by atoms with van der Waals surface area (Å²) in [5.41, 5.74) is 6.20. The number of carbonyl (C=O) groups excluding carboxylic acids is 3. The first kappa shape index (κ1) is 30.9. The summed E-state index contributed by atoms with van der Waals surface area (Å²) in [5, 5.41) is 0. The molecule has 6 heteroatoms. The zero-order valence-electron chi connectivity index (χ0n) is 25.8. The van der Waals surface area contributed by atoms with E-state index < -0.39 is 11.8 Å². The summed E-state index contributed by atoms with van der Waals surface area (Å²) in [6.07, 6.45) is 2.26. The molecule has 5 aromatic rings. The van der Waals surface area contributed by atoms with Crippen LogP contribution in [0.2, 0.25) is 0 Å². The van der Waals surface area contributed by atoms with Gasteiger partial charge in [-0.2, -0.15) is 0 Å². The van der Waals surface area contributed by atoms with Gasteiger partial charge in [-0.15, -0.1) is 0 Å². The van der Waals surface area contributed by atoms with Gasteiger partial charge < -0.3 is 4.74 Å². The Morgan fingerprint density at radius 3 is 1.77 bits per heavy atom. The summed E-state index contributed by atoms with van der Waals surface area (Å²) in [6.45, 7) is 0. The molecular formula is C42H30Br2O4. The van der Waals surface area contributed by atoms with E-state index in [1.165, 1.54) is 0 Å². The van der Waals surface area contributed by atoms with Crippen molar-refractivity contribution in [1.82, 2.24) is 0 Å². The quantitative estimate of drug-likeness (QED) is 0.123. The topological polar surface area (TPSA) is 60.4 Å². The lowest BCUT2D eigenvalue weighted by atomic mass is 9.68. The fourth-order valence-corrected chi connectivity index (χ4v) is 8.84. The molecule has 6 atom stereocenters. The third-order valence-electron chi connectivity index (χ3n) is 10.3. The Kier molecular flexibility index (Phi) is 8.10. The molecule has 0 radical (unpaired) electrons. The molecule has 48 heavy (non-hydrogen) atoms. The monoisotopic (exact) mass is 756 g/mol. The van der Waals surface area contributed by atoms with E-state index in [-0.39, 0.29) is 47.6 Å². The minimum Gasteiger partial charge on any atom is -0.426 e. The van der Waals surface area contributed by atoms with Crippen LogP contribution in [0.3, 0.4) is 0 Å². The number of fused-ring (bicyclic) bond motifs is 4. The number of halogens is 2. The van der Waals surface area contributed by atoms with Gasteiger partial charge in [0.25, 0.3) is 0 Å². The van der Waals surface area contributed by atoms with Crippen molar-refractivity contribution < 1.29 is 19.1 Å². The second-order valence-electron chi connectivity index (χ2n) is 12.8. The molecule has 3 aliphatic rings. The molecule has 236 valence electrons. The van der Waals surface area contributed by atoms with Crippen molar-refractivity contribution in [2.45, 2.75) is 30.1 Å². The molecule has 8 rings (SSSR count). The summed E-state index contributed by atoms with van der Waals surface area (Å²) in [7, 11) is 0. The molecule has 0 aromatic heterocycles. The maximum absolute atomic E-state index is 14.9. The molecule has 1 aliphatic heterocycles. The fraction of sp³-hybridized carbons (Fsp3) is 0.167. The number of rotatable bonds is 7. The average molecular weight is 759 g/mol. The molecule has 4 nitrogen and oxygen atoms in total. The molecule has 0 fully saturated rings. The lowest BCUT2D eigenvalue weighted by Crippen LogP contribution is -2.34. The summed E-state index contributed by atoms with van der Waals surface area (Å²) in [4.78, 5) is 43.1. The molecule has 0 saturated carbocycles. The minimum absolute atomic E-state index is 0.0197. The molecular weight excluding hydrogens is 728 g/mol. The SMILES string of the molecule is O=C(C[C@H]1c2ccccc2[C@@H]([C@@H]2c3ccccc3[C@H]3C=C(c4ccccc4)OC(=O)[C@@H]23)[C@@H]1C(=O)c1ccc(Br)cc1)c1ccc(Br)cc1. The van der Waals surface area contributed by atoms with Crippen molar-refractivity contribution in [1.29, 1.82) is 0 Å². The van der Waals surface area contributed by atoms with E-state index in [2.05, 4.69) is 62.2 Å². The van der Waals surface area contributed by atoms with Gasteiger partial charge in [0.15, 0.2) is 11.6 Å². The normalized spacial score (nSPS) is 23.8. The Morgan fingerprint density at radius 1 is 0.583 bits per heavy atom. The van der Waals surface area contributed by atoms with Crippen LogP contribution < -0.4 is 0 Å². The molecule has 0 unspecified atom stereocenters. The number of hydrogen-bond donors (Lipinski definition) is 0. The van der Waals surface area contributed by atoms with E-state index in [0.717, 1.165) is 36.8 Å². The number of ketones is 2. The van der Waals surface area contributed by atoms with Gasteiger partial charge in [-0.3, -0.25) is 14.4 Å². The fourth-order valence-electron chi connectivity index (χ4n) is 8.31. The van der Waals surface area contributed by atoms with Gasteiger partial charge in [0.05, 0.1) is 5.92 Å². The van der Waals surface area contributed by atoms with Crippen molar-refractivity contribution in [3.63, 3.8) is 0 Å². The van der Waals surface area contributed by atoms with Crippen molar-refractivity contribution in [2.75, 3.05) is 0 Å². The Hall–Kier alpha value is -4.39. The van der Waals surface area contributed by atoms with Crippen LogP contribution in [0.15, 0.2) is 142 Å². The summed E-state index contributed by atoms with van der Waals surface area (Å²) in [6, 6.07) is 40.9. The molecule has 5 aromatic carbocycles. The van der Waals surface area contributed by atoms with Crippen LogP contribution >= 0.6 is 31.9 Å². The average Bonchev–Trinajstić information content (AvgIpc) is 3.61. The van der Waals surface area contributed by atoms with Crippen LogP contribution in [0.5, 0.6) is 0 Å². The maximum atomic E-state index is 14.9. The smallest absolute Gasteiger partial charge is 0.315 e. The minimum atomic E-state index is -0.577. The van der Waals surface area contributed by atoms with E-state index in [1.807, 2.05) is 103 Å². The summed E-state index contributed by atoms with van der Waals surface area (Å²) < 4.78 is 7.90. The predicted molar refractivity (Wildman–Crippen MR) is 193 cm³/mol. The number of carbonyl (C=O) groups is 3. The van der Waals surface area contributed by atoms with Gasteiger partial charge in [0.2, 0.25) is 0 Å². The van der Waals surface area contributed by atoms with E-state index >= 15 is 0 Å². The first-order chi connectivity index (χ1) is 23.4. The molecule has 0 spiro atoms. The van der Waals surface area contributed by atoms with E-state index in [4.69, 9.17) is 4.74 Å². The molecule has 0 N–H and O–H groups in total. The molecule has 2 aliphatic carbocycles. The number of ether oxygens (including phenoxy) is 1. The van der Waals surface area contributed by atoms with Gasteiger partial charge >= 0.3 is 5.97 Å². The highest BCUT2D eigenvalue weighted by Gasteiger charge is 2.57. The maximum Gasteiger partial charge on any atom is 0.315 e. The number of benzene rings is 5. The molecule has 1 heterocycles. The highest BCUT2D eigenvalue weighted by molar-refractivity contribution is 9.10. The number of hydrogen-bond acceptors (Lipinski definition) is 4. The zero-order chi connectivity index (χ0) is 32.9. The summed E-state index contributed by atoms with van der Waals surface area (Å²) in [5.74, 6) is -2.13. The van der Waals surface area contributed by atoms with E-state index in [9.17, 15) is 14.4 Å². The highest BCUT2D eigenvalue weighted by Crippen LogP contribution is 2.63. The zero-order valence-corrected chi connectivity index (χ0v) is 28.9. The molecule has 0 saturated heterocycles. The number of esters is 1. The Morgan fingerprint density at radius 2 is 1.12 bits per heavy atom. The van der Waals surface area contributed by atoms with Gasteiger partial charge in [0.1, 0.15) is 5.76 Å². The third kappa shape index (κ3) is 5.32. The Labute approximate surface area is 296 Å². The van der Waals surface area contributed by atoms with E-state index in [0.29, 0.717) is 16.9 Å². The first-order valence-corrected chi connectivity index (χ1v) is 17.7. The largest absolute Gasteiger partial charge is 0.426 e. The van der Waals surface area contributed by atoms with Crippen molar-refractivity contribution >= 4 is 55.2 Å². The molecule has 0 bridgehead atoms. The van der Waals surface area contributed by atoms with Gasteiger partial charge in [0, 0.05) is 61.6 Å². The van der Waals surface area contributed by atoms with Crippen LogP contribution in [0.1, 0.15) is 78.6 Å². The number of Topliss-reactive ketones (excluding diaryl/α,β-unsaturated/α-hetero) is 2. The van der Waals surface area contributed by atoms with E-state index in [1.54, 1.807) is 0 Å². The van der Waals surface area contributed by atoms with Crippen LogP contribution in [0.25, 0.3) is 5.76 Å².